The van der Waals surface area contributed by atoms with Crippen LogP contribution in [0.2, 0.25) is 0 Å². The first-order valence-electron chi connectivity index (χ1n) is 2.11. The Hall–Kier alpha value is 0.690. The molecule has 0 radical (unpaired) electrons. The molecule has 0 unspecified atom stereocenters. The van der Waals surface area contributed by atoms with Crippen LogP contribution in [0.15, 0.2) is 0 Å². The van der Waals surface area contributed by atoms with Crippen LogP contribution in [0, 0.1) is 0 Å². The van der Waals surface area contributed by atoms with Crippen LogP contribution in [-0.4, -0.2) is 12.7 Å². The Balaban J connectivity index is 0. The van der Waals surface area contributed by atoms with Crippen LogP contribution in [0.3, 0.4) is 0 Å². The highest BCUT2D eigenvalue weighted by atomic mass is 127. The molecule has 0 aromatic carbocycles. The van der Waals surface area contributed by atoms with E-state index in [9.17, 15) is 0 Å². The van der Waals surface area contributed by atoms with E-state index in [1.54, 1.807) is 7.11 Å². The number of hydrogen-bond donors (Lipinski definition) is 0. The SMILES string of the molecule is COC(C)(C)C.I. The van der Waals surface area contributed by atoms with Gasteiger partial charge in [-0.2, -0.15) is 0 Å². The van der Waals surface area contributed by atoms with Crippen molar-refractivity contribution >= 4 is 24.0 Å². The summed E-state index contributed by atoms with van der Waals surface area (Å²) in [5.74, 6) is 0. The lowest BCUT2D eigenvalue weighted by atomic mass is 10.2. The molecule has 2 heteroatoms. The molecule has 0 aliphatic rings. The normalized spacial score (nSPS) is 10.3. The summed E-state index contributed by atoms with van der Waals surface area (Å²) in [4.78, 5) is 0. The lowest BCUT2D eigenvalue weighted by Gasteiger charge is -2.14. The van der Waals surface area contributed by atoms with Crippen LogP contribution in [0.4, 0.5) is 0 Å². The number of hydrogen-bond acceptors (Lipinski definition) is 1. The zero-order valence-corrected chi connectivity index (χ0v) is 7.65. The Labute approximate surface area is 62.5 Å². The minimum atomic E-state index is 0. The van der Waals surface area contributed by atoms with Gasteiger partial charge >= 0.3 is 0 Å². The molecule has 0 bridgehead atoms. The van der Waals surface area contributed by atoms with Gasteiger partial charge in [0.05, 0.1) is 5.60 Å². The standard InChI is InChI=1S/C5H12O.HI/c1-5(2,3)6-4;/h1-4H3;1H. The molecule has 0 aliphatic heterocycles. The van der Waals surface area contributed by atoms with Gasteiger partial charge in [0.2, 0.25) is 0 Å². The molecule has 0 saturated carbocycles. The Kier molecular flexibility index (Phi) is 5.56. The lowest BCUT2D eigenvalue weighted by Crippen LogP contribution is -2.15. The molecule has 0 aliphatic carbocycles. The van der Waals surface area contributed by atoms with Crippen LogP contribution in [0.5, 0.6) is 0 Å². The van der Waals surface area contributed by atoms with Crippen molar-refractivity contribution in [2.45, 2.75) is 26.4 Å². The summed E-state index contributed by atoms with van der Waals surface area (Å²) in [5, 5.41) is 0. The molecule has 0 aromatic heterocycles. The van der Waals surface area contributed by atoms with Crippen molar-refractivity contribution < 1.29 is 4.74 Å². The highest BCUT2D eigenvalue weighted by Gasteiger charge is 2.03. The molecule has 0 amide bonds. The van der Waals surface area contributed by atoms with Gasteiger partial charge in [-0.15, -0.1) is 24.0 Å². The van der Waals surface area contributed by atoms with Crippen molar-refractivity contribution in [3.8, 4) is 0 Å². The topological polar surface area (TPSA) is 9.23 Å². The van der Waals surface area contributed by atoms with E-state index in [-0.39, 0.29) is 29.6 Å². The summed E-state index contributed by atoms with van der Waals surface area (Å²) in [6.07, 6.45) is 0. The van der Waals surface area contributed by atoms with E-state index in [0.29, 0.717) is 0 Å². The van der Waals surface area contributed by atoms with E-state index in [0.717, 1.165) is 0 Å². The second-order valence-electron chi connectivity index (χ2n) is 2.32. The van der Waals surface area contributed by atoms with Gasteiger partial charge in [0.25, 0.3) is 0 Å². The quantitative estimate of drug-likeness (QED) is 0.563. The predicted molar refractivity (Wildman–Crippen MR) is 42.2 cm³/mol. The maximum absolute atomic E-state index is 4.94. The van der Waals surface area contributed by atoms with Gasteiger partial charge in [0.15, 0.2) is 0 Å². The molecule has 0 atom stereocenters. The van der Waals surface area contributed by atoms with Crippen LogP contribution < -0.4 is 0 Å². The average molecular weight is 216 g/mol. The first-order chi connectivity index (χ1) is 2.56. The third-order valence-corrected chi connectivity index (χ3v) is 0.612. The second kappa shape index (κ2) is 3.66. The molecule has 0 heterocycles. The van der Waals surface area contributed by atoms with E-state index in [1.807, 2.05) is 20.8 Å². The maximum Gasteiger partial charge on any atom is 0.0594 e. The zero-order valence-electron chi connectivity index (χ0n) is 5.32. The van der Waals surface area contributed by atoms with Crippen molar-refractivity contribution in [1.29, 1.82) is 0 Å². The van der Waals surface area contributed by atoms with E-state index in [4.69, 9.17) is 4.74 Å². The Morgan fingerprint density at radius 2 is 1.29 bits per heavy atom. The fraction of sp³-hybridized carbons (Fsp3) is 1.00. The molecule has 46 valence electrons. The third kappa shape index (κ3) is 10.8. The minimum Gasteiger partial charge on any atom is -0.379 e. The predicted octanol–water partition coefficient (Wildman–Crippen LogP) is 2.05. The van der Waals surface area contributed by atoms with Gasteiger partial charge in [-0.25, -0.2) is 0 Å². The van der Waals surface area contributed by atoms with Crippen LogP contribution in [-0.2, 0) is 4.74 Å². The van der Waals surface area contributed by atoms with Crippen molar-refractivity contribution in [1.82, 2.24) is 0 Å². The van der Waals surface area contributed by atoms with Gasteiger partial charge in [0, 0.05) is 7.11 Å². The van der Waals surface area contributed by atoms with Crippen molar-refractivity contribution in [2.75, 3.05) is 7.11 Å². The molecule has 0 aromatic rings. The van der Waals surface area contributed by atoms with E-state index < -0.39 is 0 Å². The van der Waals surface area contributed by atoms with Crippen LogP contribution >= 0.6 is 24.0 Å². The molecule has 0 rings (SSSR count). The van der Waals surface area contributed by atoms with Gasteiger partial charge < -0.3 is 4.74 Å². The molecular weight excluding hydrogens is 203 g/mol. The Morgan fingerprint density at radius 3 is 1.29 bits per heavy atom. The highest BCUT2D eigenvalue weighted by molar-refractivity contribution is 14.0. The third-order valence-electron chi connectivity index (χ3n) is 0.612. The molecule has 0 spiro atoms. The minimum absolute atomic E-state index is 0. The highest BCUT2D eigenvalue weighted by Crippen LogP contribution is 2.02. The van der Waals surface area contributed by atoms with Gasteiger partial charge in [-0.3, -0.25) is 0 Å². The Morgan fingerprint density at radius 1 is 1.14 bits per heavy atom. The van der Waals surface area contributed by atoms with Gasteiger partial charge in [-0.1, -0.05) is 0 Å². The molecular formula is C5H13IO. The number of methoxy groups -OCH3 is 1. The fourth-order valence-electron chi connectivity index (χ4n) is 0. The van der Waals surface area contributed by atoms with Crippen LogP contribution in [0.25, 0.3) is 0 Å². The maximum atomic E-state index is 4.94. The van der Waals surface area contributed by atoms with Crippen molar-refractivity contribution in [3.05, 3.63) is 0 Å². The summed E-state index contributed by atoms with van der Waals surface area (Å²) in [6, 6.07) is 0. The zero-order chi connectivity index (χ0) is 5.21. The Bertz CT molecular complexity index is 37.8. The summed E-state index contributed by atoms with van der Waals surface area (Å²) >= 11 is 0. The number of rotatable bonds is 0. The van der Waals surface area contributed by atoms with E-state index in [2.05, 4.69) is 0 Å². The summed E-state index contributed by atoms with van der Waals surface area (Å²) in [5.41, 5.74) is 0.0417. The second-order valence-corrected chi connectivity index (χ2v) is 2.32. The fourth-order valence-corrected chi connectivity index (χ4v) is 0. The number of halogens is 1. The van der Waals surface area contributed by atoms with Gasteiger partial charge in [0.1, 0.15) is 0 Å². The molecule has 7 heavy (non-hydrogen) atoms. The lowest BCUT2D eigenvalue weighted by molar-refractivity contribution is 0.0397. The van der Waals surface area contributed by atoms with Gasteiger partial charge in [-0.05, 0) is 20.8 Å². The number of ether oxygens (including phenoxy) is 1. The summed E-state index contributed by atoms with van der Waals surface area (Å²) in [6.45, 7) is 6.06. The monoisotopic (exact) mass is 216 g/mol. The molecule has 0 fully saturated rings. The molecule has 1 nitrogen and oxygen atoms in total. The van der Waals surface area contributed by atoms with E-state index in [1.165, 1.54) is 0 Å². The smallest absolute Gasteiger partial charge is 0.0594 e. The van der Waals surface area contributed by atoms with Crippen molar-refractivity contribution in [3.63, 3.8) is 0 Å². The molecule has 0 saturated heterocycles. The first-order valence-corrected chi connectivity index (χ1v) is 2.11. The largest absolute Gasteiger partial charge is 0.379 e. The van der Waals surface area contributed by atoms with Crippen LogP contribution in [0.1, 0.15) is 20.8 Å². The first kappa shape index (κ1) is 10.6. The van der Waals surface area contributed by atoms with Crippen molar-refractivity contribution in [2.24, 2.45) is 0 Å². The molecule has 0 N–H and O–H groups in total. The summed E-state index contributed by atoms with van der Waals surface area (Å²) in [7, 11) is 1.71. The van der Waals surface area contributed by atoms with E-state index >= 15 is 0 Å². The summed E-state index contributed by atoms with van der Waals surface area (Å²) < 4.78 is 4.94. The average Bonchev–Trinajstić information content (AvgIpc) is 1.35.